The number of carbonyl (C=O) groups is 1. The molecule has 0 aliphatic carbocycles. The molecule has 3 aromatic carbocycles. The van der Waals surface area contributed by atoms with E-state index in [2.05, 4.69) is 9.97 Å². The fourth-order valence-corrected chi connectivity index (χ4v) is 3.33. The maximum Gasteiger partial charge on any atom is 0.344 e. The zero-order valence-electron chi connectivity index (χ0n) is 17.1. The summed E-state index contributed by atoms with van der Waals surface area (Å²) in [6.07, 6.45) is -0.0157. The largest absolute Gasteiger partial charge is 0.482 e. The number of esters is 1. The number of carbonyl (C=O) groups excluding carboxylic acids is 1. The van der Waals surface area contributed by atoms with Gasteiger partial charge in [-0.3, -0.25) is 4.79 Å². The van der Waals surface area contributed by atoms with Gasteiger partial charge < -0.3 is 14.5 Å². The van der Waals surface area contributed by atoms with Crippen LogP contribution in [-0.4, -0.2) is 22.5 Å². The molecule has 6 nitrogen and oxygen atoms in total. The number of aromatic nitrogens is 2. The molecule has 0 spiro atoms. The fourth-order valence-electron chi connectivity index (χ4n) is 3.33. The molecule has 0 unspecified atom stereocenters. The van der Waals surface area contributed by atoms with Gasteiger partial charge >= 0.3 is 5.97 Å². The maximum atomic E-state index is 12.4. The normalized spacial score (nSPS) is 11.8. The number of nitrogens with one attached hydrogen (secondary N) is 1. The lowest BCUT2D eigenvalue weighted by Gasteiger charge is -2.15. The van der Waals surface area contributed by atoms with Crippen LogP contribution in [0.4, 0.5) is 0 Å². The van der Waals surface area contributed by atoms with Gasteiger partial charge in [0.2, 0.25) is 0 Å². The molecule has 0 fully saturated rings. The number of aromatic amines is 1. The minimum Gasteiger partial charge on any atom is -0.482 e. The van der Waals surface area contributed by atoms with Crippen LogP contribution in [0.25, 0.3) is 10.9 Å². The van der Waals surface area contributed by atoms with Crippen LogP contribution in [-0.2, 0) is 16.0 Å². The van der Waals surface area contributed by atoms with Crippen LogP contribution in [0, 0.1) is 0 Å². The molecule has 0 saturated heterocycles. The Balaban J connectivity index is 1.40. The zero-order chi connectivity index (χ0) is 21.6. The number of rotatable bonds is 7. The summed E-state index contributed by atoms with van der Waals surface area (Å²) >= 11 is 0. The van der Waals surface area contributed by atoms with E-state index in [1.54, 1.807) is 31.2 Å². The average Bonchev–Trinajstić information content (AvgIpc) is 2.79. The van der Waals surface area contributed by atoms with Crippen molar-refractivity contribution in [1.82, 2.24) is 9.97 Å². The van der Waals surface area contributed by atoms with Crippen molar-refractivity contribution in [2.75, 3.05) is 6.61 Å². The van der Waals surface area contributed by atoms with Crippen LogP contribution in [0.3, 0.4) is 0 Å². The Morgan fingerprint density at radius 1 is 0.968 bits per heavy atom. The Morgan fingerprint density at radius 2 is 1.68 bits per heavy atom. The number of fused-ring (bicyclic) bond motifs is 1. The molecule has 31 heavy (non-hydrogen) atoms. The highest BCUT2D eigenvalue weighted by Gasteiger charge is 2.16. The van der Waals surface area contributed by atoms with E-state index in [9.17, 15) is 9.59 Å². The van der Waals surface area contributed by atoms with Crippen molar-refractivity contribution in [3.05, 3.63) is 106 Å². The highest BCUT2D eigenvalue weighted by molar-refractivity contribution is 5.77. The summed E-state index contributed by atoms with van der Waals surface area (Å²) in [6.45, 7) is 1.42. The third-order valence-corrected chi connectivity index (χ3v) is 4.88. The molecular weight excluding hydrogens is 392 g/mol. The first-order valence-corrected chi connectivity index (χ1v) is 10.0. The van der Waals surface area contributed by atoms with E-state index in [1.165, 1.54) is 0 Å². The van der Waals surface area contributed by atoms with E-state index in [0.717, 1.165) is 11.1 Å². The molecule has 0 bridgehead atoms. The number of benzene rings is 3. The van der Waals surface area contributed by atoms with Gasteiger partial charge in [0.05, 0.1) is 10.9 Å². The van der Waals surface area contributed by atoms with E-state index in [0.29, 0.717) is 28.9 Å². The zero-order valence-corrected chi connectivity index (χ0v) is 17.1. The van der Waals surface area contributed by atoms with E-state index in [-0.39, 0.29) is 12.2 Å². The summed E-state index contributed by atoms with van der Waals surface area (Å²) in [6, 6.07) is 24.7. The van der Waals surface area contributed by atoms with Crippen molar-refractivity contribution in [3.8, 4) is 5.75 Å². The van der Waals surface area contributed by atoms with Crippen molar-refractivity contribution in [1.29, 1.82) is 0 Å². The van der Waals surface area contributed by atoms with Crippen molar-refractivity contribution in [3.63, 3.8) is 0 Å². The molecular formula is C25H22N2O4. The first-order valence-electron chi connectivity index (χ1n) is 10.0. The Bertz CT molecular complexity index is 1250. The van der Waals surface area contributed by atoms with E-state index < -0.39 is 12.1 Å². The maximum absolute atomic E-state index is 12.4. The summed E-state index contributed by atoms with van der Waals surface area (Å²) in [4.78, 5) is 31.7. The van der Waals surface area contributed by atoms with E-state index in [4.69, 9.17) is 9.47 Å². The standard InChI is InChI=1S/C25H22N2O4/c1-17(24-26-21-13-7-6-12-20(21)25(29)27-24)31-23(28)16-30-22-14-8-5-11-19(22)15-18-9-3-2-4-10-18/h2-14,17H,15-16H2,1H3,(H,26,27,29)/t17-/m1/s1. The first kappa shape index (κ1) is 20.3. The van der Waals surface area contributed by atoms with Gasteiger partial charge in [-0.15, -0.1) is 0 Å². The minimum absolute atomic E-state index is 0.242. The lowest BCUT2D eigenvalue weighted by atomic mass is 10.0. The highest BCUT2D eigenvalue weighted by atomic mass is 16.6. The summed E-state index contributed by atoms with van der Waals surface area (Å²) in [5.74, 6) is 0.382. The number of H-pyrrole nitrogens is 1. The Labute approximate surface area is 179 Å². The van der Waals surface area contributed by atoms with E-state index in [1.807, 2.05) is 54.6 Å². The van der Waals surface area contributed by atoms with Gasteiger partial charge in [-0.05, 0) is 36.2 Å². The molecule has 4 rings (SSSR count). The number of hydrogen-bond acceptors (Lipinski definition) is 5. The summed E-state index contributed by atoms with van der Waals surface area (Å²) in [7, 11) is 0. The minimum atomic E-state index is -0.715. The Hall–Kier alpha value is -3.93. The van der Waals surface area contributed by atoms with Gasteiger partial charge in [0.25, 0.3) is 5.56 Å². The van der Waals surface area contributed by atoms with Gasteiger partial charge in [-0.2, -0.15) is 0 Å². The molecule has 1 N–H and O–H groups in total. The van der Waals surface area contributed by atoms with Gasteiger partial charge in [0, 0.05) is 6.42 Å². The second-order valence-corrected chi connectivity index (χ2v) is 7.16. The third kappa shape index (κ3) is 4.98. The lowest BCUT2D eigenvalue weighted by Crippen LogP contribution is -2.20. The predicted octanol–water partition coefficient (Wildman–Crippen LogP) is 4.20. The molecule has 156 valence electrons. The van der Waals surface area contributed by atoms with Crippen LogP contribution in [0.1, 0.15) is 30.0 Å². The molecule has 6 heteroatoms. The summed E-state index contributed by atoms with van der Waals surface area (Å²) in [5.41, 5.74) is 2.42. The van der Waals surface area contributed by atoms with E-state index >= 15 is 0 Å². The molecule has 0 amide bonds. The SMILES string of the molecule is C[C@@H](OC(=O)COc1ccccc1Cc1ccccc1)c1nc2ccccc2c(=O)[nH]1. The summed E-state index contributed by atoms with van der Waals surface area (Å²) in [5, 5.41) is 0.489. The van der Waals surface area contributed by atoms with Gasteiger partial charge in [-0.1, -0.05) is 60.7 Å². The smallest absolute Gasteiger partial charge is 0.344 e. The molecule has 0 saturated carbocycles. The van der Waals surface area contributed by atoms with Gasteiger partial charge in [-0.25, -0.2) is 9.78 Å². The van der Waals surface area contributed by atoms with Crippen LogP contribution in [0.5, 0.6) is 5.75 Å². The molecule has 0 aliphatic rings. The van der Waals surface area contributed by atoms with Crippen molar-refractivity contribution in [2.24, 2.45) is 0 Å². The Kier molecular flexibility index (Phi) is 6.08. The average molecular weight is 414 g/mol. The topological polar surface area (TPSA) is 81.3 Å². The highest BCUT2D eigenvalue weighted by Crippen LogP contribution is 2.22. The van der Waals surface area contributed by atoms with Gasteiger partial charge in [0.1, 0.15) is 5.75 Å². The predicted molar refractivity (Wildman–Crippen MR) is 118 cm³/mol. The monoisotopic (exact) mass is 414 g/mol. The second-order valence-electron chi connectivity index (χ2n) is 7.16. The molecule has 1 aromatic heterocycles. The van der Waals surface area contributed by atoms with Gasteiger partial charge in [0.15, 0.2) is 18.5 Å². The fraction of sp³-hybridized carbons (Fsp3) is 0.160. The van der Waals surface area contributed by atoms with Crippen LogP contribution in [0.2, 0.25) is 0 Å². The molecule has 4 aromatic rings. The van der Waals surface area contributed by atoms with Crippen molar-refractivity contribution in [2.45, 2.75) is 19.4 Å². The number of ether oxygens (including phenoxy) is 2. The number of para-hydroxylation sites is 2. The molecule has 0 radical (unpaired) electrons. The van der Waals surface area contributed by atoms with Crippen LogP contribution < -0.4 is 10.3 Å². The van der Waals surface area contributed by atoms with Crippen molar-refractivity contribution < 1.29 is 14.3 Å². The molecule has 1 atom stereocenters. The Morgan fingerprint density at radius 3 is 2.52 bits per heavy atom. The second kappa shape index (κ2) is 9.26. The van der Waals surface area contributed by atoms with Crippen molar-refractivity contribution >= 4 is 16.9 Å². The number of nitrogens with zero attached hydrogens (tertiary/aromatic N) is 1. The quantitative estimate of drug-likeness (QED) is 0.459. The third-order valence-electron chi connectivity index (χ3n) is 4.88. The molecule has 1 heterocycles. The first-order chi connectivity index (χ1) is 15.1. The van der Waals surface area contributed by atoms with Crippen LogP contribution >= 0.6 is 0 Å². The van der Waals surface area contributed by atoms with Crippen LogP contribution in [0.15, 0.2) is 83.7 Å². The molecule has 0 aliphatic heterocycles. The summed E-state index contributed by atoms with van der Waals surface area (Å²) < 4.78 is 11.2. The lowest BCUT2D eigenvalue weighted by molar-refractivity contribution is -0.151. The number of hydrogen-bond donors (Lipinski definition) is 1.